The van der Waals surface area contributed by atoms with E-state index in [2.05, 4.69) is 26.0 Å². The molecule has 1 aromatic rings. The summed E-state index contributed by atoms with van der Waals surface area (Å²) in [7, 11) is 0. The lowest BCUT2D eigenvalue weighted by molar-refractivity contribution is 0.214. The summed E-state index contributed by atoms with van der Waals surface area (Å²) in [6.07, 6.45) is 4.68. The van der Waals surface area contributed by atoms with Crippen LogP contribution in [0.4, 0.5) is 4.39 Å². The van der Waals surface area contributed by atoms with Crippen LogP contribution in [0, 0.1) is 5.82 Å². The van der Waals surface area contributed by atoms with Crippen LogP contribution in [0.1, 0.15) is 31.2 Å². The van der Waals surface area contributed by atoms with Crippen LogP contribution in [-0.2, 0) is 6.54 Å². The van der Waals surface area contributed by atoms with Crippen LogP contribution in [0.2, 0.25) is 0 Å². The van der Waals surface area contributed by atoms with Crippen molar-refractivity contribution in [1.29, 1.82) is 0 Å². The molecule has 4 nitrogen and oxygen atoms in total. The monoisotopic (exact) mass is 343 g/mol. The highest BCUT2D eigenvalue weighted by Gasteiger charge is 2.23. The zero-order valence-electron chi connectivity index (χ0n) is 11.2. The minimum atomic E-state index is -0.266. The van der Waals surface area contributed by atoms with Crippen molar-refractivity contribution in [3.8, 4) is 0 Å². The molecule has 1 aromatic carbocycles. The number of oxime groups is 1. The van der Waals surface area contributed by atoms with Gasteiger partial charge >= 0.3 is 0 Å². The Bertz CT molecular complexity index is 489. The topological polar surface area (TPSA) is 61.8 Å². The summed E-state index contributed by atoms with van der Waals surface area (Å²) < 4.78 is 13.7. The summed E-state index contributed by atoms with van der Waals surface area (Å²) >= 11 is 3.20. The van der Waals surface area contributed by atoms with Crippen molar-refractivity contribution in [3.63, 3.8) is 0 Å². The number of nitrogens with two attached hydrogens (primary N) is 1. The van der Waals surface area contributed by atoms with Gasteiger partial charge in [-0.05, 0) is 46.5 Å². The van der Waals surface area contributed by atoms with Crippen LogP contribution in [0.3, 0.4) is 0 Å². The predicted molar refractivity (Wildman–Crippen MR) is 80.2 cm³/mol. The molecule has 0 radical (unpaired) electrons. The van der Waals surface area contributed by atoms with E-state index in [4.69, 9.17) is 10.9 Å². The lowest BCUT2D eigenvalue weighted by atomic mass is 10.1. The third-order valence-corrected chi connectivity index (χ3v) is 4.31. The van der Waals surface area contributed by atoms with E-state index in [-0.39, 0.29) is 11.7 Å². The van der Waals surface area contributed by atoms with Crippen molar-refractivity contribution in [2.24, 2.45) is 10.9 Å². The van der Waals surface area contributed by atoms with E-state index in [9.17, 15) is 4.39 Å². The Kier molecular flexibility index (Phi) is 5.37. The van der Waals surface area contributed by atoms with Crippen molar-refractivity contribution in [2.45, 2.75) is 38.3 Å². The van der Waals surface area contributed by atoms with Crippen molar-refractivity contribution >= 4 is 21.8 Å². The fraction of sp³-hybridized carbons (Fsp3) is 0.500. The SMILES string of the molecule is NC(CN(Cc1ccc(F)c(Br)c1)C1CCCC1)=NO. The Morgan fingerprint density at radius 1 is 1.45 bits per heavy atom. The van der Waals surface area contributed by atoms with Crippen molar-refractivity contribution in [1.82, 2.24) is 4.90 Å². The number of amidine groups is 1. The fourth-order valence-corrected chi connectivity index (χ4v) is 3.12. The van der Waals surface area contributed by atoms with Gasteiger partial charge in [-0.15, -0.1) is 0 Å². The zero-order chi connectivity index (χ0) is 14.5. The Morgan fingerprint density at radius 2 is 2.15 bits per heavy atom. The fourth-order valence-electron chi connectivity index (χ4n) is 2.70. The highest BCUT2D eigenvalue weighted by molar-refractivity contribution is 9.10. The van der Waals surface area contributed by atoms with Gasteiger partial charge in [-0.2, -0.15) is 0 Å². The van der Waals surface area contributed by atoms with E-state index >= 15 is 0 Å². The highest BCUT2D eigenvalue weighted by atomic mass is 79.9. The first-order valence-electron chi connectivity index (χ1n) is 6.74. The number of nitrogens with zero attached hydrogens (tertiary/aromatic N) is 2. The van der Waals surface area contributed by atoms with Crippen LogP contribution in [-0.4, -0.2) is 28.5 Å². The van der Waals surface area contributed by atoms with Crippen LogP contribution in [0.25, 0.3) is 0 Å². The molecule has 0 aliphatic heterocycles. The van der Waals surface area contributed by atoms with Crippen LogP contribution in [0.15, 0.2) is 27.8 Å². The third kappa shape index (κ3) is 3.93. The molecule has 0 atom stereocenters. The molecule has 0 unspecified atom stereocenters. The largest absolute Gasteiger partial charge is 0.409 e. The standard InChI is InChI=1S/C14H19BrFN3O/c15-12-7-10(5-6-13(12)16)8-19(9-14(17)18-20)11-3-1-2-4-11/h5-7,11,20H,1-4,8-9H2,(H2,17,18). The molecule has 1 aliphatic carbocycles. The summed E-state index contributed by atoms with van der Waals surface area (Å²) in [5, 5.41) is 11.8. The molecule has 20 heavy (non-hydrogen) atoms. The first-order valence-corrected chi connectivity index (χ1v) is 7.54. The van der Waals surface area contributed by atoms with Gasteiger partial charge in [0, 0.05) is 12.6 Å². The smallest absolute Gasteiger partial charge is 0.153 e. The maximum Gasteiger partial charge on any atom is 0.153 e. The normalized spacial score (nSPS) is 17.1. The molecule has 0 amide bonds. The van der Waals surface area contributed by atoms with Crippen LogP contribution < -0.4 is 5.73 Å². The Hall–Kier alpha value is -1.14. The lowest BCUT2D eigenvalue weighted by Crippen LogP contribution is -2.39. The quantitative estimate of drug-likeness (QED) is 0.373. The van der Waals surface area contributed by atoms with E-state index in [0.29, 0.717) is 23.6 Å². The van der Waals surface area contributed by atoms with E-state index < -0.39 is 0 Å². The number of rotatable bonds is 5. The summed E-state index contributed by atoms with van der Waals surface area (Å²) in [6, 6.07) is 5.45. The molecular weight excluding hydrogens is 325 g/mol. The number of hydrogen-bond acceptors (Lipinski definition) is 3. The Labute approximate surface area is 126 Å². The van der Waals surface area contributed by atoms with E-state index in [1.54, 1.807) is 12.1 Å². The van der Waals surface area contributed by atoms with Gasteiger partial charge in [0.15, 0.2) is 5.84 Å². The summed E-state index contributed by atoms with van der Waals surface area (Å²) in [5.41, 5.74) is 6.65. The van der Waals surface area contributed by atoms with Crippen LogP contribution >= 0.6 is 15.9 Å². The molecule has 1 saturated carbocycles. The summed E-state index contributed by atoms with van der Waals surface area (Å²) in [6.45, 7) is 1.09. The minimum absolute atomic E-state index is 0.207. The maximum absolute atomic E-state index is 13.3. The Balaban J connectivity index is 2.11. The van der Waals surface area contributed by atoms with E-state index in [0.717, 1.165) is 18.4 Å². The molecule has 2 rings (SSSR count). The molecular formula is C14H19BrFN3O. The first-order chi connectivity index (χ1) is 9.60. The second kappa shape index (κ2) is 7.04. The van der Waals surface area contributed by atoms with Crippen LogP contribution in [0.5, 0.6) is 0 Å². The van der Waals surface area contributed by atoms with Gasteiger partial charge in [0.2, 0.25) is 0 Å². The second-order valence-corrected chi connectivity index (χ2v) is 6.04. The molecule has 1 aliphatic rings. The third-order valence-electron chi connectivity index (χ3n) is 3.70. The molecule has 110 valence electrons. The molecule has 0 bridgehead atoms. The molecule has 1 fully saturated rings. The molecule has 0 saturated heterocycles. The van der Waals surface area contributed by atoms with Gasteiger partial charge in [0.25, 0.3) is 0 Å². The average Bonchev–Trinajstić information content (AvgIpc) is 2.96. The highest BCUT2D eigenvalue weighted by Crippen LogP contribution is 2.25. The molecule has 6 heteroatoms. The van der Waals surface area contributed by atoms with Gasteiger partial charge in [-0.3, -0.25) is 4.90 Å². The molecule has 0 heterocycles. The molecule has 0 spiro atoms. The summed E-state index contributed by atoms with van der Waals surface area (Å²) in [5.74, 6) is -0.0596. The second-order valence-electron chi connectivity index (χ2n) is 5.18. The van der Waals surface area contributed by atoms with Gasteiger partial charge in [0.1, 0.15) is 5.82 Å². The first kappa shape index (κ1) is 15.3. The molecule has 3 N–H and O–H groups in total. The molecule has 0 aromatic heterocycles. The zero-order valence-corrected chi connectivity index (χ0v) is 12.8. The number of halogens is 2. The van der Waals surface area contributed by atoms with E-state index in [1.165, 1.54) is 18.9 Å². The van der Waals surface area contributed by atoms with E-state index in [1.807, 2.05) is 0 Å². The van der Waals surface area contributed by atoms with Crippen molar-refractivity contribution < 1.29 is 9.60 Å². The predicted octanol–water partition coefficient (Wildman–Crippen LogP) is 3.08. The lowest BCUT2D eigenvalue weighted by Gasteiger charge is -2.28. The van der Waals surface area contributed by atoms with Crippen molar-refractivity contribution in [2.75, 3.05) is 6.54 Å². The van der Waals surface area contributed by atoms with Gasteiger partial charge < -0.3 is 10.9 Å². The number of hydrogen-bond donors (Lipinski definition) is 2. The minimum Gasteiger partial charge on any atom is -0.409 e. The maximum atomic E-state index is 13.3. The van der Waals surface area contributed by atoms with Gasteiger partial charge in [0.05, 0.1) is 11.0 Å². The Morgan fingerprint density at radius 3 is 2.75 bits per heavy atom. The number of benzene rings is 1. The summed E-state index contributed by atoms with van der Waals surface area (Å²) in [4.78, 5) is 2.20. The van der Waals surface area contributed by atoms with Gasteiger partial charge in [-0.1, -0.05) is 24.1 Å². The van der Waals surface area contributed by atoms with Gasteiger partial charge in [-0.25, -0.2) is 4.39 Å². The average molecular weight is 344 g/mol. The van der Waals surface area contributed by atoms with Crippen molar-refractivity contribution in [3.05, 3.63) is 34.1 Å².